The lowest BCUT2D eigenvalue weighted by atomic mass is 10.1. The van der Waals surface area contributed by atoms with Crippen molar-refractivity contribution in [2.24, 2.45) is 0 Å². The predicted octanol–water partition coefficient (Wildman–Crippen LogP) is 3.54. The SMILES string of the molecule is Cc1cc(C)c(NC(=O)CCN(Cc2ccccc2F)S(C)(=O)=O)c(C)c1. The zero-order valence-electron chi connectivity index (χ0n) is 16.0. The standard InChI is InChI=1S/C20H25FN2O3S/c1-14-11-15(2)20(16(3)12-14)22-19(24)9-10-23(27(4,25)26)13-17-7-5-6-8-18(17)21/h5-8,11-12H,9-10,13H2,1-4H3,(H,22,24). The average molecular weight is 392 g/mol. The van der Waals surface area contributed by atoms with E-state index in [9.17, 15) is 17.6 Å². The number of hydrogen-bond acceptors (Lipinski definition) is 3. The summed E-state index contributed by atoms with van der Waals surface area (Å²) in [6.45, 7) is 5.68. The molecule has 0 saturated carbocycles. The zero-order valence-corrected chi connectivity index (χ0v) is 16.9. The topological polar surface area (TPSA) is 66.5 Å². The van der Waals surface area contributed by atoms with Gasteiger partial charge in [0.1, 0.15) is 5.82 Å². The number of hydrogen-bond donors (Lipinski definition) is 1. The number of nitrogens with one attached hydrogen (secondary N) is 1. The van der Waals surface area contributed by atoms with Gasteiger partial charge in [-0.05, 0) is 38.0 Å². The smallest absolute Gasteiger partial charge is 0.225 e. The first-order chi connectivity index (χ1) is 12.6. The second kappa shape index (κ2) is 8.63. The molecule has 7 heteroatoms. The highest BCUT2D eigenvalue weighted by Crippen LogP contribution is 2.22. The van der Waals surface area contributed by atoms with E-state index in [1.54, 1.807) is 12.1 Å². The van der Waals surface area contributed by atoms with E-state index in [1.807, 2.05) is 32.9 Å². The number of sulfonamides is 1. The van der Waals surface area contributed by atoms with Gasteiger partial charge in [-0.25, -0.2) is 12.8 Å². The van der Waals surface area contributed by atoms with Crippen LogP contribution in [0.25, 0.3) is 0 Å². The second-order valence-electron chi connectivity index (χ2n) is 6.76. The van der Waals surface area contributed by atoms with Crippen LogP contribution in [-0.4, -0.2) is 31.4 Å². The van der Waals surface area contributed by atoms with Crippen molar-refractivity contribution in [1.29, 1.82) is 0 Å². The Morgan fingerprint density at radius 1 is 1.11 bits per heavy atom. The van der Waals surface area contributed by atoms with Crippen LogP contribution in [0, 0.1) is 26.6 Å². The lowest BCUT2D eigenvalue weighted by Gasteiger charge is -2.20. The molecule has 0 aromatic heterocycles. The van der Waals surface area contributed by atoms with Crippen molar-refractivity contribution < 1.29 is 17.6 Å². The van der Waals surface area contributed by atoms with Crippen LogP contribution in [-0.2, 0) is 21.4 Å². The molecule has 0 aliphatic carbocycles. The van der Waals surface area contributed by atoms with Crippen LogP contribution in [0.15, 0.2) is 36.4 Å². The quantitative estimate of drug-likeness (QED) is 0.784. The molecule has 0 atom stereocenters. The Bertz CT molecular complexity index is 919. The fraction of sp³-hybridized carbons (Fsp3) is 0.350. The van der Waals surface area contributed by atoms with Crippen LogP contribution in [0.4, 0.5) is 10.1 Å². The summed E-state index contributed by atoms with van der Waals surface area (Å²) < 4.78 is 39.0. The van der Waals surface area contributed by atoms with Gasteiger partial charge in [-0.2, -0.15) is 4.31 Å². The molecule has 0 fully saturated rings. The van der Waals surface area contributed by atoms with Crippen LogP contribution in [0.1, 0.15) is 28.7 Å². The minimum absolute atomic E-state index is 0.0196. The Hall–Kier alpha value is -2.25. The molecule has 27 heavy (non-hydrogen) atoms. The number of aryl methyl sites for hydroxylation is 3. The van der Waals surface area contributed by atoms with Crippen molar-refractivity contribution >= 4 is 21.6 Å². The van der Waals surface area contributed by atoms with Crippen molar-refractivity contribution in [1.82, 2.24) is 4.31 Å². The largest absolute Gasteiger partial charge is 0.326 e. The number of carbonyl (C=O) groups is 1. The van der Waals surface area contributed by atoms with Crippen molar-refractivity contribution in [3.05, 3.63) is 64.5 Å². The summed E-state index contributed by atoms with van der Waals surface area (Å²) in [6, 6.07) is 9.96. The molecule has 0 spiro atoms. The van der Waals surface area contributed by atoms with Gasteiger partial charge < -0.3 is 5.32 Å². The molecule has 0 aliphatic rings. The number of nitrogens with zero attached hydrogens (tertiary/aromatic N) is 1. The van der Waals surface area contributed by atoms with Gasteiger partial charge in [0, 0.05) is 30.8 Å². The molecule has 2 rings (SSSR count). The molecule has 0 bridgehead atoms. The van der Waals surface area contributed by atoms with E-state index >= 15 is 0 Å². The maximum absolute atomic E-state index is 13.8. The summed E-state index contributed by atoms with van der Waals surface area (Å²) in [6.07, 6.45) is 1.04. The number of amides is 1. The maximum atomic E-state index is 13.8. The number of anilines is 1. The third kappa shape index (κ3) is 5.87. The Morgan fingerprint density at radius 3 is 2.26 bits per heavy atom. The average Bonchev–Trinajstić information content (AvgIpc) is 2.55. The van der Waals surface area contributed by atoms with Crippen molar-refractivity contribution in [2.75, 3.05) is 18.1 Å². The lowest BCUT2D eigenvalue weighted by Crippen LogP contribution is -2.33. The zero-order chi connectivity index (χ0) is 20.2. The van der Waals surface area contributed by atoms with Crippen LogP contribution in [0.2, 0.25) is 0 Å². The van der Waals surface area contributed by atoms with Gasteiger partial charge in [-0.3, -0.25) is 4.79 Å². The minimum atomic E-state index is -3.58. The summed E-state index contributed by atoms with van der Waals surface area (Å²) in [5.74, 6) is -0.756. The maximum Gasteiger partial charge on any atom is 0.225 e. The number of carbonyl (C=O) groups excluding carboxylic acids is 1. The molecule has 0 radical (unpaired) electrons. The number of halogens is 1. The van der Waals surface area contributed by atoms with Crippen LogP contribution < -0.4 is 5.32 Å². The van der Waals surface area contributed by atoms with Crippen LogP contribution >= 0.6 is 0 Å². The fourth-order valence-electron chi connectivity index (χ4n) is 2.98. The van der Waals surface area contributed by atoms with Gasteiger partial charge in [-0.1, -0.05) is 35.9 Å². The van der Waals surface area contributed by atoms with Crippen molar-refractivity contribution in [3.63, 3.8) is 0 Å². The van der Waals surface area contributed by atoms with E-state index in [1.165, 1.54) is 12.1 Å². The van der Waals surface area contributed by atoms with E-state index in [4.69, 9.17) is 0 Å². The summed E-state index contributed by atoms with van der Waals surface area (Å²) in [7, 11) is -3.58. The molecule has 0 aliphatic heterocycles. The van der Waals surface area contributed by atoms with E-state index < -0.39 is 15.8 Å². The highest BCUT2D eigenvalue weighted by atomic mass is 32.2. The predicted molar refractivity (Wildman–Crippen MR) is 106 cm³/mol. The van der Waals surface area contributed by atoms with Gasteiger partial charge >= 0.3 is 0 Å². The minimum Gasteiger partial charge on any atom is -0.326 e. The monoisotopic (exact) mass is 392 g/mol. The van der Waals surface area contributed by atoms with Crippen molar-refractivity contribution in [2.45, 2.75) is 33.7 Å². The first kappa shape index (κ1) is 21.1. The lowest BCUT2D eigenvalue weighted by molar-refractivity contribution is -0.116. The molecular weight excluding hydrogens is 367 g/mol. The first-order valence-electron chi connectivity index (χ1n) is 8.64. The number of benzene rings is 2. The van der Waals surface area contributed by atoms with Crippen LogP contribution in [0.5, 0.6) is 0 Å². The highest BCUT2D eigenvalue weighted by Gasteiger charge is 2.20. The third-order valence-corrected chi connectivity index (χ3v) is 5.55. The molecule has 1 amide bonds. The van der Waals surface area contributed by atoms with Gasteiger partial charge in [0.05, 0.1) is 6.26 Å². The van der Waals surface area contributed by atoms with Crippen molar-refractivity contribution in [3.8, 4) is 0 Å². The first-order valence-corrected chi connectivity index (χ1v) is 10.5. The summed E-state index contributed by atoms with van der Waals surface area (Å²) in [5.41, 5.74) is 4.02. The van der Waals surface area contributed by atoms with Gasteiger partial charge in [0.25, 0.3) is 0 Å². The Morgan fingerprint density at radius 2 is 1.70 bits per heavy atom. The van der Waals surface area contributed by atoms with Crippen LogP contribution in [0.3, 0.4) is 0 Å². The van der Waals surface area contributed by atoms with E-state index in [0.29, 0.717) is 0 Å². The molecule has 2 aromatic rings. The molecule has 146 valence electrons. The number of rotatable bonds is 7. The fourth-order valence-corrected chi connectivity index (χ4v) is 3.78. The molecule has 2 aromatic carbocycles. The molecule has 0 unspecified atom stereocenters. The third-order valence-electron chi connectivity index (χ3n) is 4.30. The Balaban J connectivity index is 2.07. The summed E-state index contributed by atoms with van der Waals surface area (Å²) in [4.78, 5) is 12.3. The van der Waals surface area contributed by atoms with Gasteiger partial charge in [-0.15, -0.1) is 0 Å². The van der Waals surface area contributed by atoms with Gasteiger partial charge in [0.2, 0.25) is 15.9 Å². The normalized spacial score (nSPS) is 11.6. The Labute approximate surface area is 160 Å². The highest BCUT2D eigenvalue weighted by molar-refractivity contribution is 7.88. The van der Waals surface area contributed by atoms with Gasteiger partial charge in [0.15, 0.2) is 0 Å². The summed E-state index contributed by atoms with van der Waals surface area (Å²) >= 11 is 0. The molecule has 5 nitrogen and oxygen atoms in total. The molecule has 0 heterocycles. The molecule has 1 N–H and O–H groups in total. The van der Waals surface area contributed by atoms with E-state index in [0.717, 1.165) is 32.9 Å². The second-order valence-corrected chi connectivity index (χ2v) is 8.74. The Kier molecular flexibility index (Phi) is 6.73. The molecule has 0 saturated heterocycles. The molecular formula is C20H25FN2O3S. The summed E-state index contributed by atoms with van der Waals surface area (Å²) in [5, 5.41) is 2.85. The van der Waals surface area contributed by atoms with E-state index in [-0.39, 0.29) is 31.0 Å². The van der Waals surface area contributed by atoms with E-state index in [2.05, 4.69) is 5.32 Å².